The van der Waals surface area contributed by atoms with Crippen molar-refractivity contribution in [3.05, 3.63) is 73.8 Å². The zero-order valence-electron chi connectivity index (χ0n) is 16.9. The molecule has 2 aromatic carbocycles. The molecule has 11 heteroatoms. The number of aromatic carboxylic acids is 1. The van der Waals surface area contributed by atoms with Gasteiger partial charge >= 0.3 is 11.9 Å². The number of hydrogen-bond donors (Lipinski definition) is 3. The van der Waals surface area contributed by atoms with Gasteiger partial charge in [0, 0.05) is 19.1 Å². The zero-order valence-corrected chi connectivity index (χ0v) is 20.6. The summed E-state index contributed by atoms with van der Waals surface area (Å²) >= 11 is 4.59. The van der Waals surface area contributed by atoms with Crippen LogP contribution in [0.4, 0.5) is 0 Å². The van der Waals surface area contributed by atoms with E-state index < -0.39 is 29.3 Å². The number of hydrogen-bond acceptors (Lipinski definition) is 6. The van der Waals surface area contributed by atoms with Gasteiger partial charge in [-0.25, -0.2) is 9.59 Å². The average molecular weight is 596 g/mol. The largest absolute Gasteiger partial charge is 0.478 e. The molecule has 8 nitrogen and oxygen atoms in total. The fourth-order valence-electron chi connectivity index (χ4n) is 3.52. The van der Waals surface area contributed by atoms with Crippen LogP contribution in [0, 0.1) is 3.57 Å². The number of amides is 2. The highest BCUT2D eigenvalue weighted by molar-refractivity contribution is 14.1. The third-order valence-corrected chi connectivity index (χ3v) is 8.95. The van der Waals surface area contributed by atoms with Gasteiger partial charge in [0.1, 0.15) is 17.1 Å². The van der Waals surface area contributed by atoms with Crippen LogP contribution in [0.2, 0.25) is 0 Å². The number of thioether (sulfide) groups is 2. The number of fused-ring (bicyclic) bond motifs is 1. The predicted octanol–water partition coefficient (Wildman–Crippen LogP) is 3.02. The number of carboxylic acid groups (broad SMARTS) is 2. The molecule has 170 valence electrons. The van der Waals surface area contributed by atoms with Crippen molar-refractivity contribution in [1.82, 2.24) is 10.2 Å². The van der Waals surface area contributed by atoms with Gasteiger partial charge < -0.3 is 15.5 Å². The van der Waals surface area contributed by atoms with Crippen molar-refractivity contribution < 1.29 is 29.4 Å². The number of carbonyl (C=O) groups is 4. The van der Waals surface area contributed by atoms with E-state index >= 15 is 0 Å². The normalized spacial score (nSPS) is 19.5. The first-order valence-electron chi connectivity index (χ1n) is 9.71. The van der Waals surface area contributed by atoms with Gasteiger partial charge in [-0.2, -0.15) is 0 Å². The molecule has 2 aliphatic rings. The van der Waals surface area contributed by atoms with E-state index in [1.54, 1.807) is 6.07 Å². The summed E-state index contributed by atoms with van der Waals surface area (Å²) in [5.41, 5.74) is 0.866. The molecule has 0 spiro atoms. The average Bonchev–Trinajstić information content (AvgIpc) is 2.78. The maximum atomic E-state index is 12.8. The van der Waals surface area contributed by atoms with Crippen molar-refractivity contribution in [2.75, 3.05) is 5.75 Å². The SMILES string of the molecule is O=C(Cc1ccccc1)N[C@@H]1C(=O)N2C(C(=O)O)=C(Sc3ccc(C(=O)O)cc3I)CS[C@H]12. The lowest BCUT2D eigenvalue weighted by atomic mass is 10.0. The molecular formula is C22H17IN2O6S2. The number of halogens is 1. The van der Waals surface area contributed by atoms with Crippen molar-refractivity contribution in [1.29, 1.82) is 0 Å². The molecular weight excluding hydrogens is 579 g/mol. The summed E-state index contributed by atoms with van der Waals surface area (Å²) in [5, 5.41) is 21.2. The molecule has 33 heavy (non-hydrogen) atoms. The number of rotatable bonds is 7. The molecule has 2 aliphatic heterocycles. The number of benzene rings is 2. The van der Waals surface area contributed by atoms with E-state index in [1.165, 1.54) is 40.6 Å². The van der Waals surface area contributed by atoms with Gasteiger partial charge in [-0.1, -0.05) is 42.1 Å². The Hall–Kier alpha value is -2.51. The second kappa shape index (κ2) is 9.77. The fourth-order valence-corrected chi connectivity index (χ4v) is 6.84. The number of aliphatic carboxylic acids is 1. The summed E-state index contributed by atoms with van der Waals surface area (Å²) in [7, 11) is 0. The van der Waals surface area contributed by atoms with Gasteiger partial charge in [0.15, 0.2) is 0 Å². The van der Waals surface area contributed by atoms with E-state index in [2.05, 4.69) is 5.32 Å². The number of carboxylic acids is 2. The molecule has 2 atom stereocenters. The molecule has 1 fully saturated rings. The first kappa shape index (κ1) is 23.6. The van der Waals surface area contributed by atoms with Crippen molar-refractivity contribution in [3.63, 3.8) is 0 Å². The Morgan fingerprint density at radius 3 is 2.48 bits per heavy atom. The van der Waals surface area contributed by atoms with Crippen LogP contribution in [-0.2, 0) is 20.8 Å². The highest BCUT2D eigenvalue weighted by atomic mass is 127. The Labute approximate surface area is 210 Å². The minimum Gasteiger partial charge on any atom is -0.478 e. The molecule has 2 amide bonds. The quantitative estimate of drug-likeness (QED) is 0.330. The second-order valence-electron chi connectivity index (χ2n) is 7.25. The van der Waals surface area contributed by atoms with Crippen LogP contribution >= 0.6 is 46.1 Å². The number of nitrogens with zero attached hydrogens (tertiary/aromatic N) is 1. The Bertz CT molecular complexity index is 1190. The number of nitrogens with one attached hydrogen (secondary N) is 1. The first-order chi connectivity index (χ1) is 15.8. The molecule has 2 heterocycles. The zero-order chi connectivity index (χ0) is 23.7. The van der Waals surface area contributed by atoms with Crippen molar-refractivity contribution in [2.24, 2.45) is 0 Å². The third-order valence-electron chi connectivity index (χ3n) is 5.07. The Morgan fingerprint density at radius 2 is 1.85 bits per heavy atom. The number of carbonyl (C=O) groups excluding carboxylic acids is 2. The van der Waals surface area contributed by atoms with Gasteiger partial charge in [-0.15, -0.1) is 11.8 Å². The van der Waals surface area contributed by atoms with Crippen LogP contribution < -0.4 is 5.32 Å². The summed E-state index contributed by atoms with van der Waals surface area (Å²) in [6, 6.07) is 13.0. The maximum Gasteiger partial charge on any atom is 0.353 e. The number of β-lactam (4-membered cyclic amide) rings is 1. The fraction of sp³-hybridized carbons (Fsp3) is 0.182. The van der Waals surface area contributed by atoms with Gasteiger partial charge in [-0.3, -0.25) is 14.5 Å². The highest BCUT2D eigenvalue weighted by Gasteiger charge is 2.54. The molecule has 1 saturated heterocycles. The summed E-state index contributed by atoms with van der Waals surface area (Å²) in [4.78, 5) is 50.8. The minimum atomic E-state index is -1.22. The standard InChI is InChI=1S/C22H17IN2O6S2/c23-13-9-12(21(28)29)6-7-14(13)33-15-10-32-20-17(19(27)25(20)18(15)22(30)31)24-16(26)8-11-4-2-1-3-5-11/h1-7,9,17,20H,8,10H2,(H,24,26)(H,28,29)(H,30,31)/t17-,20-/m1/s1. The lowest BCUT2D eigenvalue weighted by Crippen LogP contribution is -2.70. The molecule has 0 aliphatic carbocycles. The summed E-state index contributed by atoms with van der Waals surface area (Å²) in [6.45, 7) is 0. The van der Waals surface area contributed by atoms with E-state index in [1.807, 2.05) is 52.9 Å². The highest BCUT2D eigenvalue weighted by Crippen LogP contribution is 2.45. The maximum absolute atomic E-state index is 12.8. The van der Waals surface area contributed by atoms with E-state index in [-0.39, 0.29) is 23.6 Å². The molecule has 3 N–H and O–H groups in total. The monoisotopic (exact) mass is 596 g/mol. The molecule has 0 saturated carbocycles. The summed E-state index contributed by atoms with van der Waals surface area (Å²) < 4.78 is 0.669. The van der Waals surface area contributed by atoms with Crippen molar-refractivity contribution >= 4 is 69.9 Å². The van der Waals surface area contributed by atoms with Crippen LogP contribution in [0.3, 0.4) is 0 Å². The molecule has 2 aromatic rings. The van der Waals surface area contributed by atoms with Crippen LogP contribution in [-0.4, -0.2) is 56.0 Å². The van der Waals surface area contributed by atoms with Gasteiger partial charge in [-0.05, 0) is 46.4 Å². The Kier molecular flexibility index (Phi) is 7.00. The molecule has 0 unspecified atom stereocenters. The lowest BCUT2D eigenvalue weighted by Gasteiger charge is -2.49. The minimum absolute atomic E-state index is 0.0968. The van der Waals surface area contributed by atoms with E-state index in [9.17, 15) is 24.3 Å². The molecule has 0 radical (unpaired) electrons. The Morgan fingerprint density at radius 1 is 1.12 bits per heavy atom. The van der Waals surface area contributed by atoms with Gasteiger partial charge in [0.05, 0.1) is 12.0 Å². The van der Waals surface area contributed by atoms with Crippen LogP contribution in [0.25, 0.3) is 0 Å². The predicted molar refractivity (Wildman–Crippen MR) is 132 cm³/mol. The van der Waals surface area contributed by atoms with Crippen LogP contribution in [0.5, 0.6) is 0 Å². The Balaban J connectivity index is 1.50. The topological polar surface area (TPSA) is 124 Å². The molecule has 0 bridgehead atoms. The van der Waals surface area contributed by atoms with Crippen molar-refractivity contribution in [3.8, 4) is 0 Å². The van der Waals surface area contributed by atoms with Crippen LogP contribution in [0.15, 0.2) is 64.0 Å². The van der Waals surface area contributed by atoms with Gasteiger partial charge in [0.25, 0.3) is 5.91 Å². The van der Waals surface area contributed by atoms with E-state index in [0.717, 1.165) is 5.56 Å². The third kappa shape index (κ3) is 4.89. The van der Waals surface area contributed by atoms with E-state index in [0.29, 0.717) is 19.1 Å². The smallest absolute Gasteiger partial charge is 0.353 e. The summed E-state index contributed by atoms with van der Waals surface area (Å²) in [5.74, 6) is -2.67. The summed E-state index contributed by atoms with van der Waals surface area (Å²) in [6.07, 6.45) is 0.134. The molecule has 4 rings (SSSR count). The lowest BCUT2D eigenvalue weighted by molar-refractivity contribution is -0.150. The first-order valence-corrected chi connectivity index (χ1v) is 12.7. The van der Waals surface area contributed by atoms with E-state index in [4.69, 9.17) is 5.11 Å². The second-order valence-corrected chi connectivity index (χ2v) is 10.7. The van der Waals surface area contributed by atoms with Gasteiger partial charge in [0.2, 0.25) is 5.91 Å². The molecule has 0 aromatic heterocycles. The van der Waals surface area contributed by atoms with Crippen LogP contribution in [0.1, 0.15) is 15.9 Å². The van der Waals surface area contributed by atoms with Crippen molar-refractivity contribution in [2.45, 2.75) is 22.7 Å².